The van der Waals surface area contributed by atoms with Gasteiger partial charge in [0.05, 0.1) is 6.42 Å². The number of hydrogen-bond acceptors (Lipinski definition) is 2. The molecular weight excluding hydrogens is 232 g/mol. The molecule has 5 heteroatoms. The second-order valence-electron chi connectivity index (χ2n) is 5.69. The SMILES string of the molecule is CC(C)CC(C)NC(=O)NC(CC(=O)O)C1CC1. The Kier molecular flexibility index (Phi) is 5.44. The predicted octanol–water partition coefficient (Wildman–Crippen LogP) is 1.97. The van der Waals surface area contributed by atoms with E-state index >= 15 is 0 Å². The number of carboxylic acids is 1. The van der Waals surface area contributed by atoms with Crippen LogP contribution in [0, 0.1) is 11.8 Å². The maximum Gasteiger partial charge on any atom is 0.315 e. The standard InChI is InChI=1S/C13H24N2O3/c1-8(2)6-9(3)14-13(18)15-11(7-12(16)17)10-4-5-10/h8-11H,4-7H2,1-3H3,(H,16,17)(H2,14,15,18). The molecule has 0 radical (unpaired) electrons. The van der Waals surface area contributed by atoms with Crippen LogP contribution < -0.4 is 10.6 Å². The Hall–Kier alpha value is -1.26. The molecule has 2 amide bonds. The number of aliphatic carboxylic acids is 1. The third kappa shape index (κ3) is 5.89. The molecule has 0 aromatic heterocycles. The van der Waals surface area contributed by atoms with E-state index in [0.717, 1.165) is 19.3 Å². The summed E-state index contributed by atoms with van der Waals surface area (Å²) in [5.74, 6) is 0.00762. The van der Waals surface area contributed by atoms with Gasteiger partial charge in [0.1, 0.15) is 0 Å². The van der Waals surface area contributed by atoms with Gasteiger partial charge < -0.3 is 15.7 Å². The van der Waals surface area contributed by atoms with Gasteiger partial charge in [-0.2, -0.15) is 0 Å². The van der Waals surface area contributed by atoms with Crippen molar-refractivity contribution in [2.75, 3.05) is 0 Å². The van der Waals surface area contributed by atoms with E-state index in [-0.39, 0.29) is 24.5 Å². The molecule has 1 aliphatic carbocycles. The minimum atomic E-state index is -0.859. The molecule has 1 rings (SSSR count). The molecule has 0 bridgehead atoms. The second kappa shape index (κ2) is 6.61. The van der Waals surface area contributed by atoms with Crippen LogP contribution in [-0.2, 0) is 4.79 Å². The van der Waals surface area contributed by atoms with Crippen molar-refractivity contribution in [1.29, 1.82) is 0 Å². The van der Waals surface area contributed by atoms with E-state index in [1.165, 1.54) is 0 Å². The Balaban J connectivity index is 2.34. The average molecular weight is 256 g/mol. The Morgan fingerprint density at radius 2 is 1.83 bits per heavy atom. The molecule has 5 nitrogen and oxygen atoms in total. The maximum atomic E-state index is 11.7. The largest absolute Gasteiger partial charge is 0.481 e. The van der Waals surface area contributed by atoms with Crippen LogP contribution in [0.2, 0.25) is 0 Å². The third-order valence-corrected chi connectivity index (χ3v) is 3.10. The fourth-order valence-electron chi connectivity index (χ4n) is 2.22. The zero-order valence-electron chi connectivity index (χ0n) is 11.4. The molecule has 1 fully saturated rings. The van der Waals surface area contributed by atoms with Gasteiger partial charge in [0.25, 0.3) is 0 Å². The molecule has 0 aliphatic heterocycles. The predicted molar refractivity (Wildman–Crippen MR) is 69.3 cm³/mol. The van der Waals surface area contributed by atoms with Gasteiger partial charge in [-0.1, -0.05) is 13.8 Å². The molecule has 104 valence electrons. The lowest BCUT2D eigenvalue weighted by molar-refractivity contribution is -0.137. The summed E-state index contributed by atoms with van der Waals surface area (Å²) in [7, 11) is 0. The first kappa shape index (κ1) is 14.8. The summed E-state index contributed by atoms with van der Waals surface area (Å²) >= 11 is 0. The molecule has 0 heterocycles. The molecule has 1 saturated carbocycles. The van der Waals surface area contributed by atoms with Crippen molar-refractivity contribution in [2.24, 2.45) is 11.8 Å². The topological polar surface area (TPSA) is 78.4 Å². The highest BCUT2D eigenvalue weighted by atomic mass is 16.4. The summed E-state index contributed by atoms with van der Waals surface area (Å²) < 4.78 is 0. The van der Waals surface area contributed by atoms with E-state index in [1.54, 1.807) is 0 Å². The molecule has 0 spiro atoms. The van der Waals surface area contributed by atoms with Crippen molar-refractivity contribution in [2.45, 2.75) is 58.5 Å². The van der Waals surface area contributed by atoms with Gasteiger partial charge in [0.2, 0.25) is 0 Å². The van der Waals surface area contributed by atoms with Crippen LogP contribution in [0.3, 0.4) is 0 Å². The lowest BCUT2D eigenvalue weighted by Gasteiger charge is -2.20. The number of urea groups is 1. The van der Waals surface area contributed by atoms with Crippen LogP contribution in [0.1, 0.15) is 46.5 Å². The summed E-state index contributed by atoms with van der Waals surface area (Å²) in [4.78, 5) is 22.5. The molecule has 0 aromatic rings. The van der Waals surface area contributed by atoms with Crippen molar-refractivity contribution >= 4 is 12.0 Å². The summed E-state index contributed by atoms with van der Waals surface area (Å²) in [6, 6.07) is -0.371. The number of amides is 2. The Labute approximate surface area is 108 Å². The third-order valence-electron chi connectivity index (χ3n) is 3.10. The lowest BCUT2D eigenvalue weighted by Crippen LogP contribution is -2.47. The monoisotopic (exact) mass is 256 g/mol. The van der Waals surface area contributed by atoms with Gasteiger partial charge in [-0.05, 0) is 38.0 Å². The minimum absolute atomic E-state index is 0.0106. The Morgan fingerprint density at radius 1 is 1.22 bits per heavy atom. The summed E-state index contributed by atoms with van der Waals surface area (Å²) in [6.45, 7) is 6.17. The van der Waals surface area contributed by atoms with Gasteiger partial charge in [0.15, 0.2) is 0 Å². The summed E-state index contributed by atoms with van der Waals surface area (Å²) in [5, 5.41) is 14.4. The van der Waals surface area contributed by atoms with Gasteiger partial charge in [0, 0.05) is 12.1 Å². The Bertz CT molecular complexity index is 301. The Morgan fingerprint density at radius 3 is 2.28 bits per heavy atom. The quantitative estimate of drug-likeness (QED) is 0.651. The number of carboxylic acid groups (broad SMARTS) is 1. The smallest absolute Gasteiger partial charge is 0.315 e. The number of carbonyl (C=O) groups is 2. The molecule has 1 aliphatic rings. The molecular formula is C13H24N2O3. The van der Waals surface area contributed by atoms with Gasteiger partial charge in [-0.15, -0.1) is 0 Å². The van der Waals surface area contributed by atoms with E-state index in [1.807, 2.05) is 6.92 Å². The van der Waals surface area contributed by atoms with E-state index in [4.69, 9.17) is 5.11 Å². The fourth-order valence-corrected chi connectivity index (χ4v) is 2.22. The van der Waals surface area contributed by atoms with Crippen molar-refractivity contribution in [1.82, 2.24) is 10.6 Å². The van der Waals surface area contributed by atoms with Crippen LogP contribution in [0.5, 0.6) is 0 Å². The maximum absolute atomic E-state index is 11.7. The second-order valence-corrected chi connectivity index (χ2v) is 5.69. The average Bonchev–Trinajstić information content (AvgIpc) is 2.96. The van der Waals surface area contributed by atoms with Crippen molar-refractivity contribution < 1.29 is 14.7 Å². The van der Waals surface area contributed by atoms with Crippen LogP contribution in [-0.4, -0.2) is 29.2 Å². The van der Waals surface area contributed by atoms with Crippen LogP contribution in [0.25, 0.3) is 0 Å². The molecule has 3 N–H and O–H groups in total. The molecule has 18 heavy (non-hydrogen) atoms. The highest BCUT2D eigenvalue weighted by molar-refractivity contribution is 5.76. The minimum Gasteiger partial charge on any atom is -0.481 e. The van der Waals surface area contributed by atoms with E-state index in [0.29, 0.717) is 11.8 Å². The first-order valence-corrected chi connectivity index (χ1v) is 6.67. The number of carbonyl (C=O) groups excluding carboxylic acids is 1. The fraction of sp³-hybridized carbons (Fsp3) is 0.846. The lowest BCUT2D eigenvalue weighted by atomic mass is 10.1. The zero-order chi connectivity index (χ0) is 13.7. The van der Waals surface area contributed by atoms with E-state index in [2.05, 4.69) is 24.5 Å². The number of rotatable bonds is 7. The molecule has 2 unspecified atom stereocenters. The van der Waals surface area contributed by atoms with E-state index < -0.39 is 5.97 Å². The van der Waals surface area contributed by atoms with Crippen LogP contribution in [0.4, 0.5) is 4.79 Å². The number of hydrogen-bond donors (Lipinski definition) is 3. The summed E-state index contributed by atoms with van der Waals surface area (Å²) in [6.07, 6.45) is 2.96. The van der Waals surface area contributed by atoms with Crippen molar-refractivity contribution in [3.8, 4) is 0 Å². The van der Waals surface area contributed by atoms with Crippen LogP contribution >= 0.6 is 0 Å². The number of nitrogens with one attached hydrogen (secondary N) is 2. The zero-order valence-corrected chi connectivity index (χ0v) is 11.4. The molecule has 2 atom stereocenters. The van der Waals surface area contributed by atoms with Gasteiger partial charge >= 0.3 is 12.0 Å². The molecule has 0 saturated heterocycles. The van der Waals surface area contributed by atoms with Crippen LogP contribution in [0.15, 0.2) is 0 Å². The first-order valence-electron chi connectivity index (χ1n) is 6.67. The molecule has 0 aromatic carbocycles. The first-order chi connectivity index (χ1) is 8.38. The van der Waals surface area contributed by atoms with Crippen molar-refractivity contribution in [3.63, 3.8) is 0 Å². The van der Waals surface area contributed by atoms with Gasteiger partial charge in [-0.25, -0.2) is 4.79 Å². The van der Waals surface area contributed by atoms with E-state index in [9.17, 15) is 9.59 Å². The highest BCUT2D eigenvalue weighted by Gasteiger charge is 2.33. The summed E-state index contributed by atoms with van der Waals surface area (Å²) in [5.41, 5.74) is 0. The van der Waals surface area contributed by atoms with Crippen molar-refractivity contribution in [3.05, 3.63) is 0 Å². The normalized spacial score (nSPS) is 18.2. The highest BCUT2D eigenvalue weighted by Crippen LogP contribution is 2.33. The van der Waals surface area contributed by atoms with Gasteiger partial charge in [-0.3, -0.25) is 4.79 Å².